The average Bonchev–Trinajstić information content (AvgIpc) is 2.54. The van der Waals surface area contributed by atoms with Gasteiger partial charge >= 0.3 is 0 Å². The lowest BCUT2D eigenvalue weighted by molar-refractivity contribution is -0.121. The molecule has 0 saturated carbocycles. The van der Waals surface area contributed by atoms with Crippen LogP contribution in [0.1, 0.15) is 37.9 Å². The van der Waals surface area contributed by atoms with Gasteiger partial charge in [-0.15, -0.1) is 0 Å². The number of sulfonamides is 1. The third-order valence-corrected chi connectivity index (χ3v) is 6.03. The summed E-state index contributed by atoms with van der Waals surface area (Å²) in [5.74, 6) is -1.46. The Kier molecular flexibility index (Phi) is 5.53. The maximum Gasteiger partial charge on any atom is 0.243 e. The van der Waals surface area contributed by atoms with Crippen molar-refractivity contribution in [2.24, 2.45) is 5.73 Å². The lowest BCUT2D eigenvalue weighted by Crippen LogP contribution is -2.39. The lowest BCUT2D eigenvalue weighted by Gasteiger charge is -2.26. The van der Waals surface area contributed by atoms with Crippen LogP contribution < -0.4 is 5.73 Å². The van der Waals surface area contributed by atoms with Crippen LogP contribution in [0.15, 0.2) is 53.4 Å². The minimum atomic E-state index is -4.00. The van der Waals surface area contributed by atoms with Gasteiger partial charge in [-0.1, -0.05) is 45.0 Å². The summed E-state index contributed by atoms with van der Waals surface area (Å²) in [6.07, 6.45) is 0. The van der Waals surface area contributed by atoms with E-state index in [1.54, 1.807) is 12.1 Å². The fourth-order valence-corrected chi connectivity index (χ4v) is 3.98. The van der Waals surface area contributed by atoms with Gasteiger partial charge in [-0.25, -0.2) is 12.8 Å². The summed E-state index contributed by atoms with van der Waals surface area (Å²) in [6, 6.07) is 10.3. The molecule has 140 valence electrons. The molecule has 2 aromatic rings. The van der Waals surface area contributed by atoms with Gasteiger partial charge in [-0.2, -0.15) is 4.31 Å². The van der Waals surface area contributed by atoms with Crippen molar-refractivity contribution >= 4 is 15.9 Å². The van der Waals surface area contributed by atoms with Gasteiger partial charge in [-0.3, -0.25) is 4.79 Å². The van der Waals surface area contributed by atoms with Crippen molar-refractivity contribution in [2.75, 3.05) is 7.05 Å². The van der Waals surface area contributed by atoms with E-state index in [2.05, 4.69) is 0 Å². The number of hydrogen-bond donors (Lipinski definition) is 1. The van der Waals surface area contributed by atoms with E-state index in [-0.39, 0.29) is 15.9 Å². The van der Waals surface area contributed by atoms with Crippen molar-refractivity contribution in [3.8, 4) is 0 Å². The number of halogens is 1. The minimum absolute atomic E-state index is 0.0376. The molecule has 2 N–H and O–H groups in total. The highest BCUT2D eigenvalue weighted by atomic mass is 32.2. The molecule has 0 aliphatic carbocycles. The third-order valence-electron chi connectivity index (χ3n) is 4.19. The number of carbonyl (C=O) groups is 1. The van der Waals surface area contributed by atoms with Crippen LogP contribution in [-0.2, 0) is 20.2 Å². The first-order chi connectivity index (χ1) is 11.9. The van der Waals surface area contributed by atoms with Crippen LogP contribution in [0, 0.1) is 5.82 Å². The number of hydrogen-bond acceptors (Lipinski definition) is 3. The first kappa shape index (κ1) is 20.1. The third kappa shape index (κ3) is 4.11. The van der Waals surface area contributed by atoms with Gasteiger partial charge in [0, 0.05) is 7.05 Å². The molecular weight excluding hydrogens is 355 g/mol. The Balaban J connectivity index is 2.44. The smallest absolute Gasteiger partial charge is 0.243 e. The predicted octanol–water partition coefficient (Wildman–Crippen LogP) is 2.97. The molecule has 2 aromatic carbocycles. The summed E-state index contributed by atoms with van der Waals surface area (Å²) in [5.41, 5.74) is 6.45. The predicted molar refractivity (Wildman–Crippen MR) is 98.4 cm³/mol. The van der Waals surface area contributed by atoms with Gasteiger partial charge in [0.25, 0.3) is 0 Å². The molecule has 7 heteroatoms. The van der Waals surface area contributed by atoms with Crippen LogP contribution in [0.2, 0.25) is 0 Å². The van der Waals surface area contributed by atoms with Crippen molar-refractivity contribution in [1.29, 1.82) is 0 Å². The molecule has 5 nitrogen and oxygen atoms in total. The topological polar surface area (TPSA) is 80.5 Å². The molecule has 0 aliphatic heterocycles. The van der Waals surface area contributed by atoms with Gasteiger partial charge in [0.1, 0.15) is 11.9 Å². The average molecular weight is 378 g/mol. The standard InChI is InChI=1S/C19H23FN2O3S/c1-19(2,3)14-8-10-16(11-9-14)26(24,25)22(4)17(18(21)23)13-6-5-7-15(20)12-13/h5-12,17H,1-4H3,(H2,21,23)/t17-/m1/s1. The summed E-state index contributed by atoms with van der Waals surface area (Å²) >= 11 is 0. The molecule has 0 bridgehead atoms. The molecule has 0 radical (unpaired) electrons. The van der Waals surface area contributed by atoms with Crippen molar-refractivity contribution in [2.45, 2.75) is 37.1 Å². The Hall–Kier alpha value is -2.25. The molecule has 0 aliphatic rings. The summed E-state index contributed by atoms with van der Waals surface area (Å²) in [7, 11) is -2.74. The Bertz CT molecular complexity index is 903. The maximum absolute atomic E-state index is 13.5. The number of carbonyl (C=O) groups excluding carboxylic acids is 1. The van der Waals surface area contributed by atoms with E-state index in [0.717, 1.165) is 15.9 Å². The van der Waals surface area contributed by atoms with Crippen molar-refractivity contribution in [1.82, 2.24) is 4.31 Å². The van der Waals surface area contributed by atoms with E-state index < -0.39 is 27.8 Å². The first-order valence-corrected chi connectivity index (χ1v) is 9.52. The number of rotatable bonds is 5. The zero-order valence-corrected chi connectivity index (χ0v) is 16.0. The fourth-order valence-electron chi connectivity index (χ4n) is 2.66. The molecule has 26 heavy (non-hydrogen) atoms. The molecule has 1 amide bonds. The molecule has 0 spiro atoms. The Labute approximate surface area is 153 Å². The molecule has 0 saturated heterocycles. The van der Waals surface area contributed by atoms with Gasteiger partial charge in [0.05, 0.1) is 4.90 Å². The maximum atomic E-state index is 13.5. The Morgan fingerprint density at radius 2 is 1.69 bits per heavy atom. The molecular formula is C19H23FN2O3S. The number of amides is 1. The monoisotopic (exact) mass is 378 g/mol. The van der Waals surface area contributed by atoms with Crippen LogP contribution >= 0.6 is 0 Å². The summed E-state index contributed by atoms with van der Waals surface area (Å²) < 4.78 is 40.2. The Morgan fingerprint density at radius 3 is 2.15 bits per heavy atom. The van der Waals surface area contributed by atoms with Crippen molar-refractivity contribution in [3.63, 3.8) is 0 Å². The fraction of sp³-hybridized carbons (Fsp3) is 0.316. The zero-order valence-electron chi connectivity index (χ0n) is 15.2. The quantitative estimate of drug-likeness (QED) is 0.868. The summed E-state index contributed by atoms with van der Waals surface area (Å²) in [6.45, 7) is 6.07. The highest BCUT2D eigenvalue weighted by Crippen LogP contribution is 2.28. The second-order valence-electron chi connectivity index (χ2n) is 7.16. The molecule has 0 unspecified atom stereocenters. The molecule has 0 heterocycles. The van der Waals surface area contributed by atoms with Crippen molar-refractivity contribution in [3.05, 3.63) is 65.5 Å². The van der Waals surface area contributed by atoms with Gasteiger partial charge in [0.15, 0.2) is 0 Å². The lowest BCUT2D eigenvalue weighted by atomic mass is 9.87. The van der Waals surface area contributed by atoms with Crippen LogP contribution in [0.5, 0.6) is 0 Å². The summed E-state index contributed by atoms with van der Waals surface area (Å²) in [4.78, 5) is 11.9. The van der Waals surface area contributed by atoms with Gasteiger partial charge in [-0.05, 0) is 40.8 Å². The highest BCUT2D eigenvalue weighted by Gasteiger charge is 2.33. The second kappa shape index (κ2) is 7.17. The number of nitrogens with two attached hydrogens (primary N) is 1. The van der Waals surface area contributed by atoms with E-state index >= 15 is 0 Å². The Morgan fingerprint density at radius 1 is 1.12 bits per heavy atom. The van der Waals surface area contributed by atoms with E-state index in [9.17, 15) is 17.6 Å². The number of benzene rings is 2. The molecule has 2 rings (SSSR count). The first-order valence-electron chi connectivity index (χ1n) is 8.08. The number of nitrogens with zero attached hydrogens (tertiary/aromatic N) is 1. The van der Waals surface area contributed by atoms with E-state index in [4.69, 9.17) is 5.73 Å². The molecule has 0 fully saturated rings. The van der Waals surface area contributed by atoms with Crippen LogP contribution in [0.25, 0.3) is 0 Å². The van der Waals surface area contributed by atoms with Crippen LogP contribution in [0.4, 0.5) is 4.39 Å². The number of likely N-dealkylation sites (N-methyl/N-ethyl adjacent to an activating group) is 1. The van der Waals surface area contributed by atoms with Gasteiger partial charge in [0.2, 0.25) is 15.9 Å². The van der Waals surface area contributed by atoms with E-state index in [1.807, 2.05) is 20.8 Å². The molecule has 0 aromatic heterocycles. The van der Waals surface area contributed by atoms with E-state index in [1.165, 1.54) is 37.4 Å². The summed E-state index contributed by atoms with van der Waals surface area (Å²) in [5, 5.41) is 0. The van der Waals surface area contributed by atoms with E-state index in [0.29, 0.717) is 0 Å². The van der Waals surface area contributed by atoms with Crippen molar-refractivity contribution < 1.29 is 17.6 Å². The number of primary amides is 1. The second-order valence-corrected chi connectivity index (χ2v) is 9.15. The highest BCUT2D eigenvalue weighted by molar-refractivity contribution is 7.89. The normalized spacial score (nSPS) is 13.6. The van der Waals surface area contributed by atoms with Crippen LogP contribution in [0.3, 0.4) is 0 Å². The zero-order chi connectivity index (χ0) is 19.7. The largest absolute Gasteiger partial charge is 0.368 e. The molecule has 1 atom stereocenters. The minimum Gasteiger partial charge on any atom is -0.368 e. The van der Waals surface area contributed by atoms with Crippen LogP contribution in [-0.4, -0.2) is 25.7 Å². The van der Waals surface area contributed by atoms with Gasteiger partial charge < -0.3 is 5.73 Å². The SMILES string of the molecule is CN([C@@H](C(N)=O)c1cccc(F)c1)S(=O)(=O)c1ccc(C(C)(C)C)cc1.